The predicted molar refractivity (Wildman–Crippen MR) is 132 cm³/mol. The molecule has 0 N–H and O–H groups in total. The summed E-state index contributed by atoms with van der Waals surface area (Å²) >= 11 is 0. The van der Waals surface area contributed by atoms with Gasteiger partial charge in [-0.15, -0.1) is 0 Å². The van der Waals surface area contributed by atoms with Crippen LogP contribution in [-0.4, -0.2) is 51.0 Å². The topological polar surface area (TPSA) is 92.0 Å². The predicted octanol–water partition coefficient (Wildman–Crippen LogP) is 4.46. The second kappa shape index (κ2) is 8.81. The molecule has 7 rings (SSSR count). The molecule has 3 aliphatic carbocycles. The molecule has 0 amide bonds. The minimum atomic E-state index is -4.20. The molecule has 3 saturated carbocycles. The molecule has 2 atom stereocenters. The van der Waals surface area contributed by atoms with Crippen molar-refractivity contribution in [3.05, 3.63) is 57.2 Å². The zero-order valence-corrected chi connectivity index (χ0v) is 21.6. The molecule has 4 fully saturated rings. The van der Waals surface area contributed by atoms with E-state index in [0.717, 1.165) is 17.0 Å². The summed E-state index contributed by atoms with van der Waals surface area (Å²) in [5.74, 6) is 0.514. The zero-order chi connectivity index (χ0) is 26.9. The molecule has 202 valence electrons. The third-order valence-corrected chi connectivity index (χ3v) is 8.66. The van der Waals surface area contributed by atoms with Gasteiger partial charge < -0.3 is 14.0 Å². The Balaban J connectivity index is 1.34. The van der Waals surface area contributed by atoms with Crippen molar-refractivity contribution in [3.63, 3.8) is 0 Å². The standard InChI is InChI=1S/C27H30F3N5O3/c1-15-16(2)32-24-21(31-15)22(25-12-26(13-25,14-25)27(28,29)30)33-23(34-24)17-6-8-38-19(10-17)18-4-5-20(36)35(11-18)7-9-37-3/h4-5,11,17,19H,6-10,12-14H2,1-3H3. The smallest absolute Gasteiger partial charge is 0.383 e. The number of halogens is 3. The number of aryl methyl sites for hydroxylation is 2. The van der Waals surface area contributed by atoms with Gasteiger partial charge in [0.15, 0.2) is 5.65 Å². The number of rotatable bonds is 6. The van der Waals surface area contributed by atoms with E-state index in [1.165, 1.54) is 6.07 Å². The summed E-state index contributed by atoms with van der Waals surface area (Å²) in [4.78, 5) is 31.3. The van der Waals surface area contributed by atoms with Gasteiger partial charge >= 0.3 is 6.18 Å². The van der Waals surface area contributed by atoms with Gasteiger partial charge in [0, 0.05) is 43.9 Å². The summed E-state index contributed by atoms with van der Waals surface area (Å²) in [7, 11) is 1.59. The average Bonchev–Trinajstić information content (AvgIpc) is 2.82. The largest absolute Gasteiger partial charge is 0.394 e. The maximum atomic E-state index is 13.6. The van der Waals surface area contributed by atoms with Crippen LogP contribution in [0.5, 0.6) is 0 Å². The molecule has 38 heavy (non-hydrogen) atoms. The van der Waals surface area contributed by atoms with Crippen LogP contribution in [0.1, 0.15) is 72.6 Å². The van der Waals surface area contributed by atoms with Gasteiger partial charge in [-0.05, 0) is 57.6 Å². The van der Waals surface area contributed by atoms with Crippen LogP contribution in [0.25, 0.3) is 11.2 Å². The molecule has 1 aliphatic heterocycles. The fourth-order valence-electron chi connectivity index (χ4n) is 6.39. The van der Waals surface area contributed by atoms with Gasteiger partial charge in [-0.25, -0.2) is 19.9 Å². The zero-order valence-electron chi connectivity index (χ0n) is 21.6. The minimum Gasteiger partial charge on any atom is -0.383 e. The lowest BCUT2D eigenvalue weighted by molar-refractivity contribution is -0.337. The number of nitrogens with zero attached hydrogens (tertiary/aromatic N) is 5. The van der Waals surface area contributed by atoms with E-state index in [1.807, 2.05) is 13.8 Å². The number of hydrogen-bond donors (Lipinski definition) is 0. The van der Waals surface area contributed by atoms with Crippen molar-refractivity contribution in [2.24, 2.45) is 5.41 Å². The van der Waals surface area contributed by atoms with Crippen LogP contribution < -0.4 is 5.56 Å². The molecular weight excluding hydrogens is 499 g/mol. The van der Waals surface area contributed by atoms with Crippen LogP contribution in [0.3, 0.4) is 0 Å². The van der Waals surface area contributed by atoms with Crippen LogP contribution >= 0.6 is 0 Å². The highest BCUT2D eigenvalue weighted by molar-refractivity contribution is 5.75. The Morgan fingerprint density at radius 2 is 1.84 bits per heavy atom. The number of aromatic nitrogens is 5. The van der Waals surface area contributed by atoms with Crippen LogP contribution in [-0.2, 0) is 21.4 Å². The van der Waals surface area contributed by atoms with Crippen molar-refractivity contribution < 1.29 is 22.6 Å². The molecule has 0 aromatic carbocycles. The molecule has 2 bridgehead atoms. The van der Waals surface area contributed by atoms with Crippen LogP contribution in [0.4, 0.5) is 13.2 Å². The maximum absolute atomic E-state index is 13.6. The minimum absolute atomic E-state index is 0.0447. The second-order valence-electron chi connectivity index (χ2n) is 11.2. The van der Waals surface area contributed by atoms with Crippen molar-refractivity contribution in [2.75, 3.05) is 20.3 Å². The number of alkyl halides is 3. The Kier molecular flexibility index (Phi) is 5.88. The molecule has 3 aromatic rings. The lowest BCUT2D eigenvalue weighted by atomic mass is 9.34. The van der Waals surface area contributed by atoms with Crippen molar-refractivity contribution in [1.29, 1.82) is 0 Å². The van der Waals surface area contributed by atoms with E-state index in [9.17, 15) is 18.0 Å². The first-order valence-corrected chi connectivity index (χ1v) is 13.0. The van der Waals surface area contributed by atoms with Gasteiger partial charge in [0.25, 0.3) is 5.56 Å². The molecule has 11 heteroatoms. The number of fused-ring (bicyclic) bond motifs is 1. The summed E-state index contributed by atoms with van der Waals surface area (Å²) in [6.45, 7) is 5.03. The highest BCUT2D eigenvalue weighted by Crippen LogP contribution is 2.78. The number of ether oxygens (including phenoxy) is 2. The van der Waals surface area contributed by atoms with Crippen LogP contribution in [0, 0.1) is 19.3 Å². The maximum Gasteiger partial charge on any atom is 0.394 e. The normalized spacial score (nSPS) is 28.7. The SMILES string of the molecule is COCCn1cc(C2CC(c3nc(C45CC(C(F)(F)F)(C4)C5)c4nc(C)c(C)nc4n3)CCO2)ccc1=O. The summed E-state index contributed by atoms with van der Waals surface area (Å²) < 4.78 is 53.7. The molecule has 2 unspecified atom stereocenters. The molecule has 0 radical (unpaired) electrons. The van der Waals surface area contributed by atoms with E-state index in [0.29, 0.717) is 55.3 Å². The van der Waals surface area contributed by atoms with Gasteiger partial charge in [0.2, 0.25) is 0 Å². The molecule has 8 nitrogen and oxygen atoms in total. The third-order valence-electron chi connectivity index (χ3n) is 8.66. The monoisotopic (exact) mass is 529 g/mol. The lowest BCUT2D eigenvalue weighted by Gasteiger charge is -2.70. The summed E-state index contributed by atoms with van der Waals surface area (Å²) in [5, 5.41) is 0. The highest BCUT2D eigenvalue weighted by atomic mass is 19.4. The fourth-order valence-corrected chi connectivity index (χ4v) is 6.39. The van der Waals surface area contributed by atoms with Crippen molar-refractivity contribution >= 4 is 11.2 Å². The van der Waals surface area contributed by atoms with E-state index in [2.05, 4.69) is 9.97 Å². The first-order valence-electron chi connectivity index (χ1n) is 13.0. The third kappa shape index (κ3) is 3.93. The summed E-state index contributed by atoms with van der Waals surface area (Å²) in [5.41, 5.74) is 1.58. The van der Waals surface area contributed by atoms with Crippen LogP contribution in [0.2, 0.25) is 0 Å². The van der Waals surface area contributed by atoms with Gasteiger partial charge in [-0.1, -0.05) is 0 Å². The van der Waals surface area contributed by atoms with Crippen LogP contribution in [0.15, 0.2) is 23.1 Å². The molecular formula is C27H30F3N5O3. The fraction of sp³-hybridized carbons (Fsp3) is 0.593. The highest BCUT2D eigenvalue weighted by Gasteiger charge is 2.79. The van der Waals surface area contributed by atoms with Gasteiger partial charge in [-0.2, -0.15) is 13.2 Å². The molecule has 4 heterocycles. The van der Waals surface area contributed by atoms with E-state index >= 15 is 0 Å². The Bertz CT molecular complexity index is 1450. The number of pyridine rings is 1. The Labute approximate surface area is 217 Å². The molecule has 0 spiro atoms. The quantitative estimate of drug-likeness (QED) is 0.466. The van der Waals surface area contributed by atoms with E-state index < -0.39 is 17.0 Å². The van der Waals surface area contributed by atoms with Crippen molar-refractivity contribution in [2.45, 2.75) is 76.1 Å². The van der Waals surface area contributed by atoms with Gasteiger partial charge in [-0.3, -0.25) is 4.79 Å². The Hall–Kier alpha value is -2.92. The lowest BCUT2D eigenvalue weighted by Crippen LogP contribution is -2.70. The number of methoxy groups -OCH3 is 1. The van der Waals surface area contributed by atoms with Crippen molar-refractivity contribution in [1.82, 2.24) is 24.5 Å². The van der Waals surface area contributed by atoms with Crippen molar-refractivity contribution in [3.8, 4) is 0 Å². The molecule has 1 saturated heterocycles. The Morgan fingerprint density at radius 1 is 1.11 bits per heavy atom. The van der Waals surface area contributed by atoms with E-state index in [-0.39, 0.29) is 36.8 Å². The van der Waals surface area contributed by atoms with Gasteiger partial charge in [0.1, 0.15) is 11.3 Å². The van der Waals surface area contributed by atoms with E-state index in [1.54, 1.807) is 23.9 Å². The Morgan fingerprint density at radius 3 is 2.55 bits per heavy atom. The average molecular weight is 530 g/mol. The van der Waals surface area contributed by atoms with Gasteiger partial charge in [0.05, 0.1) is 35.2 Å². The first kappa shape index (κ1) is 25.4. The molecule has 3 aromatic heterocycles. The summed E-state index contributed by atoms with van der Waals surface area (Å²) in [6, 6.07) is 3.31. The summed E-state index contributed by atoms with van der Waals surface area (Å²) in [6.07, 6.45) is -1.26. The first-order chi connectivity index (χ1) is 18.0. The molecule has 4 aliphatic rings. The second-order valence-corrected chi connectivity index (χ2v) is 11.2. The van der Waals surface area contributed by atoms with E-state index in [4.69, 9.17) is 19.4 Å². The number of hydrogen-bond acceptors (Lipinski definition) is 7.